The third kappa shape index (κ3) is 6.50. The molecule has 0 spiro atoms. The maximum absolute atomic E-state index is 13.6. The Kier molecular flexibility index (Phi) is 7.56. The number of thiophene rings is 1. The summed E-state index contributed by atoms with van der Waals surface area (Å²) in [6.07, 6.45) is -4.82. The molecule has 0 radical (unpaired) electrons. The lowest BCUT2D eigenvalue weighted by Gasteiger charge is -2.29. The van der Waals surface area contributed by atoms with Crippen molar-refractivity contribution in [2.45, 2.75) is 19.8 Å². The van der Waals surface area contributed by atoms with Gasteiger partial charge in [0, 0.05) is 24.3 Å². The molecule has 2 aromatic carbocycles. The number of fused-ring (bicyclic) bond motifs is 1. The van der Waals surface area contributed by atoms with Gasteiger partial charge in [0.15, 0.2) is 9.84 Å². The van der Waals surface area contributed by atoms with Crippen LogP contribution in [-0.4, -0.2) is 65.0 Å². The highest BCUT2D eigenvalue weighted by molar-refractivity contribution is 7.93. The number of hydrogen-bond acceptors (Lipinski definition) is 7. The van der Waals surface area contributed by atoms with E-state index in [0.717, 1.165) is 27.8 Å². The molecule has 196 valence electrons. The molecule has 0 amide bonds. The quantitative estimate of drug-likeness (QED) is 0.410. The molecule has 3 aromatic rings. The van der Waals surface area contributed by atoms with Gasteiger partial charge in [0.05, 0.1) is 23.8 Å². The number of alkyl halides is 3. The molecule has 0 bridgehead atoms. The lowest BCUT2D eigenvalue weighted by molar-refractivity contribution is -0.274. The lowest BCUT2D eigenvalue weighted by Crippen LogP contribution is -2.44. The summed E-state index contributed by atoms with van der Waals surface area (Å²) in [6.45, 7) is 2.50. The number of anilines is 1. The van der Waals surface area contributed by atoms with Gasteiger partial charge in [-0.2, -0.15) is 0 Å². The molecule has 1 aliphatic heterocycles. The van der Waals surface area contributed by atoms with Gasteiger partial charge in [0.1, 0.15) is 10.8 Å². The summed E-state index contributed by atoms with van der Waals surface area (Å²) in [4.78, 5) is 1.82. The number of benzene rings is 2. The van der Waals surface area contributed by atoms with E-state index in [0.29, 0.717) is 10.6 Å². The first-order chi connectivity index (χ1) is 16.8. The first kappa shape index (κ1) is 26.7. The summed E-state index contributed by atoms with van der Waals surface area (Å²) in [5.74, 6) is -0.619. The Labute approximate surface area is 212 Å². The second-order valence-electron chi connectivity index (χ2n) is 8.54. The molecule has 2 heterocycles. The lowest BCUT2D eigenvalue weighted by atomic mass is 10.2. The predicted molar refractivity (Wildman–Crippen MR) is 135 cm³/mol. The molecule has 13 heteroatoms. The first-order valence-corrected chi connectivity index (χ1v) is 15.3. The van der Waals surface area contributed by atoms with E-state index < -0.39 is 32.0 Å². The first-order valence-electron chi connectivity index (χ1n) is 11.1. The van der Waals surface area contributed by atoms with Crippen LogP contribution >= 0.6 is 11.3 Å². The Balaban J connectivity index is 1.61. The van der Waals surface area contributed by atoms with E-state index in [9.17, 15) is 30.0 Å². The van der Waals surface area contributed by atoms with Crippen LogP contribution in [0.15, 0.2) is 48.5 Å². The van der Waals surface area contributed by atoms with Gasteiger partial charge in [-0.1, -0.05) is 30.3 Å². The minimum atomic E-state index is -4.82. The Morgan fingerprint density at radius 3 is 2.31 bits per heavy atom. The second-order valence-corrected chi connectivity index (χ2v) is 13.9. The molecule has 0 saturated carbocycles. The van der Waals surface area contributed by atoms with Gasteiger partial charge >= 0.3 is 6.36 Å². The van der Waals surface area contributed by atoms with Crippen LogP contribution in [0.2, 0.25) is 0 Å². The van der Waals surface area contributed by atoms with E-state index in [1.54, 1.807) is 0 Å². The van der Waals surface area contributed by atoms with Gasteiger partial charge in [0.25, 0.3) is 0 Å². The van der Waals surface area contributed by atoms with Gasteiger partial charge < -0.3 is 9.64 Å². The summed E-state index contributed by atoms with van der Waals surface area (Å²) in [5, 5.41) is 1.46. The van der Waals surface area contributed by atoms with E-state index in [4.69, 9.17) is 0 Å². The van der Waals surface area contributed by atoms with E-state index in [1.807, 2.05) is 36.1 Å². The summed E-state index contributed by atoms with van der Waals surface area (Å²) in [7, 11) is -6.95. The second kappa shape index (κ2) is 10.2. The molecule has 4 rings (SSSR count). The predicted octanol–water partition coefficient (Wildman–Crippen LogP) is 4.18. The molecule has 1 fully saturated rings. The number of nitrogens with zero attached hydrogens (tertiary/aromatic N) is 2. The molecule has 0 unspecified atom stereocenters. The average Bonchev–Trinajstić information content (AvgIpc) is 3.13. The smallest absolute Gasteiger partial charge is 0.406 e. The fourth-order valence-corrected chi connectivity index (χ4v) is 8.28. The number of sulfone groups is 1. The number of aryl methyl sites for hydroxylation is 1. The third-order valence-electron chi connectivity index (χ3n) is 5.97. The third-order valence-corrected chi connectivity index (χ3v) is 10.7. The van der Waals surface area contributed by atoms with E-state index in [1.165, 1.54) is 27.8 Å². The van der Waals surface area contributed by atoms with Crippen molar-refractivity contribution in [1.82, 2.24) is 4.90 Å². The molecular weight excluding hydrogens is 537 g/mol. The molecule has 1 aromatic heterocycles. The Morgan fingerprint density at radius 1 is 1.06 bits per heavy atom. The highest BCUT2D eigenvalue weighted by atomic mass is 32.2. The summed E-state index contributed by atoms with van der Waals surface area (Å²) < 4.78 is 94.3. The van der Waals surface area contributed by atoms with Crippen LogP contribution in [0.3, 0.4) is 0 Å². The molecule has 0 aliphatic carbocycles. The van der Waals surface area contributed by atoms with Crippen LogP contribution in [0, 0.1) is 6.92 Å². The molecule has 36 heavy (non-hydrogen) atoms. The van der Waals surface area contributed by atoms with E-state index >= 15 is 0 Å². The number of halogens is 3. The van der Waals surface area contributed by atoms with Gasteiger partial charge in [-0.25, -0.2) is 16.8 Å². The summed E-state index contributed by atoms with van der Waals surface area (Å²) in [5.41, 5.74) is 1.29. The zero-order valence-corrected chi connectivity index (χ0v) is 21.8. The van der Waals surface area contributed by atoms with Crippen molar-refractivity contribution < 1.29 is 34.7 Å². The van der Waals surface area contributed by atoms with Crippen molar-refractivity contribution in [2.75, 3.05) is 41.2 Å². The highest BCUT2D eigenvalue weighted by Crippen LogP contribution is 2.39. The Morgan fingerprint density at radius 2 is 1.69 bits per heavy atom. The van der Waals surface area contributed by atoms with Gasteiger partial charge in [-0.3, -0.25) is 4.31 Å². The van der Waals surface area contributed by atoms with Gasteiger partial charge in [-0.05, 0) is 41.6 Å². The zero-order valence-electron chi connectivity index (χ0n) is 19.4. The molecule has 0 N–H and O–H groups in total. The van der Waals surface area contributed by atoms with Crippen molar-refractivity contribution >= 4 is 46.3 Å². The van der Waals surface area contributed by atoms with Crippen LogP contribution in [-0.2, 0) is 26.4 Å². The maximum atomic E-state index is 13.6. The monoisotopic (exact) mass is 562 g/mol. The standard InChI is InChI=1S/C23H25F3N2O5S3/c1-17-20-4-2-3-5-21(20)34-22(17)28(16-18-6-8-19(9-7-18)33-23(24,25)26)36(31,32)15-12-27-10-13-35(29,30)14-11-27/h2-9H,10-16H2,1H3. The highest BCUT2D eigenvalue weighted by Gasteiger charge is 2.32. The Bertz CT molecular complexity index is 1420. The SMILES string of the molecule is Cc1c(N(Cc2ccc(OC(F)(F)F)cc2)S(=O)(=O)CCN2CCS(=O)(=O)CC2)sc2ccccc12. The molecule has 0 atom stereocenters. The van der Waals surface area contributed by atoms with Crippen LogP contribution in [0.1, 0.15) is 11.1 Å². The Hall–Kier alpha value is -2.35. The fraction of sp³-hybridized carbons (Fsp3) is 0.391. The van der Waals surface area contributed by atoms with E-state index in [2.05, 4.69) is 4.74 Å². The normalized spacial score (nSPS) is 16.8. The average molecular weight is 563 g/mol. The van der Waals surface area contributed by atoms with Gasteiger partial charge in [0.2, 0.25) is 10.0 Å². The van der Waals surface area contributed by atoms with Crippen molar-refractivity contribution in [1.29, 1.82) is 0 Å². The molecule has 7 nitrogen and oxygen atoms in total. The minimum Gasteiger partial charge on any atom is -0.406 e. The molecule has 1 saturated heterocycles. The number of sulfonamides is 1. The fourth-order valence-electron chi connectivity index (χ4n) is 3.99. The number of ether oxygens (including phenoxy) is 1. The topological polar surface area (TPSA) is 84.0 Å². The van der Waals surface area contributed by atoms with Gasteiger partial charge in [-0.15, -0.1) is 24.5 Å². The molecular formula is C23H25F3N2O5S3. The van der Waals surface area contributed by atoms with Crippen LogP contribution in [0.5, 0.6) is 5.75 Å². The zero-order chi connectivity index (χ0) is 26.1. The van der Waals surface area contributed by atoms with Crippen LogP contribution < -0.4 is 9.04 Å². The minimum absolute atomic E-state index is 0.00146. The van der Waals surface area contributed by atoms with Crippen molar-refractivity contribution in [3.05, 3.63) is 59.7 Å². The van der Waals surface area contributed by atoms with Crippen LogP contribution in [0.25, 0.3) is 10.1 Å². The maximum Gasteiger partial charge on any atom is 0.573 e. The van der Waals surface area contributed by atoms with E-state index in [-0.39, 0.29) is 43.4 Å². The van der Waals surface area contributed by atoms with Crippen LogP contribution in [0.4, 0.5) is 18.2 Å². The molecule has 1 aliphatic rings. The van der Waals surface area contributed by atoms with Crippen molar-refractivity contribution in [2.24, 2.45) is 0 Å². The van der Waals surface area contributed by atoms with Crippen molar-refractivity contribution in [3.63, 3.8) is 0 Å². The largest absolute Gasteiger partial charge is 0.573 e. The number of hydrogen-bond donors (Lipinski definition) is 0. The number of rotatable bonds is 8. The summed E-state index contributed by atoms with van der Waals surface area (Å²) >= 11 is 1.33. The summed E-state index contributed by atoms with van der Waals surface area (Å²) in [6, 6.07) is 12.7. The van der Waals surface area contributed by atoms with Crippen molar-refractivity contribution in [3.8, 4) is 5.75 Å².